The minimum atomic E-state index is -3.28. The predicted molar refractivity (Wildman–Crippen MR) is 72.0 cm³/mol. The van der Waals surface area contributed by atoms with Gasteiger partial charge in [0.15, 0.2) is 9.84 Å². The zero-order chi connectivity index (χ0) is 13.9. The van der Waals surface area contributed by atoms with Crippen molar-refractivity contribution in [3.05, 3.63) is 28.8 Å². The Balaban J connectivity index is 2.94. The first-order valence-corrected chi connectivity index (χ1v) is 7.78. The minimum Gasteiger partial charge on any atom is -0.496 e. The van der Waals surface area contributed by atoms with E-state index in [1.54, 1.807) is 18.2 Å². The summed E-state index contributed by atoms with van der Waals surface area (Å²) >= 11 is 5.87. The van der Waals surface area contributed by atoms with E-state index in [4.69, 9.17) is 16.3 Å². The van der Waals surface area contributed by atoms with Crippen LogP contribution in [0, 0.1) is 0 Å². The molecule has 1 N–H and O–H groups in total. The Morgan fingerprint density at radius 2 is 2.06 bits per heavy atom. The molecule has 0 saturated heterocycles. The van der Waals surface area contributed by atoms with E-state index >= 15 is 0 Å². The fourth-order valence-electron chi connectivity index (χ4n) is 1.58. The van der Waals surface area contributed by atoms with Gasteiger partial charge < -0.3 is 9.84 Å². The standard InChI is InChI=1S/C12H17ClO4S/c1-8(18(3,15)16)11(14)7-9-6-10(13)4-5-12(9)17-2/h4-6,8,11,14H,7H2,1-3H3. The molecule has 0 aliphatic heterocycles. The SMILES string of the molecule is COc1ccc(Cl)cc1CC(O)C(C)S(C)(=O)=O. The second-order valence-electron chi connectivity index (χ2n) is 4.26. The van der Waals surface area contributed by atoms with Crippen LogP contribution >= 0.6 is 11.6 Å². The molecule has 6 heteroatoms. The van der Waals surface area contributed by atoms with Gasteiger partial charge in [-0.05, 0) is 30.7 Å². The van der Waals surface area contributed by atoms with Gasteiger partial charge in [-0.1, -0.05) is 11.6 Å². The Kier molecular flexibility index (Phi) is 5.01. The van der Waals surface area contributed by atoms with Crippen LogP contribution in [0.2, 0.25) is 5.02 Å². The molecule has 2 atom stereocenters. The molecule has 1 aromatic rings. The van der Waals surface area contributed by atoms with Crippen LogP contribution in [0.15, 0.2) is 18.2 Å². The van der Waals surface area contributed by atoms with Crippen LogP contribution < -0.4 is 4.74 Å². The molecule has 0 radical (unpaired) electrons. The number of aliphatic hydroxyl groups is 1. The number of sulfone groups is 1. The molecule has 0 bridgehead atoms. The lowest BCUT2D eigenvalue weighted by molar-refractivity contribution is 0.172. The highest BCUT2D eigenvalue weighted by atomic mass is 35.5. The van der Waals surface area contributed by atoms with Crippen LogP contribution in [0.1, 0.15) is 12.5 Å². The summed E-state index contributed by atoms with van der Waals surface area (Å²) in [5.41, 5.74) is 0.688. The summed E-state index contributed by atoms with van der Waals surface area (Å²) in [7, 11) is -1.76. The second-order valence-corrected chi connectivity index (χ2v) is 7.10. The minimum absolute atomic E-state index is 0.179. The number of ether oxygens (including phenoxy) is 1. The van der Waals surface area contributed by atoms with E-state index in [0.29, 0.717) is 16.3 Å². The lowest BCUT2D eigenvalue weighted by atomic mass is 10.1. The van der Waals surface area contributed by atoms with Crippen molar-refractivity contribution >= 4 is 21.4 Å². The van der Waals surface area contributed by atoms with Crippen molar-refractivity contribution in [3.8, 4) is 5.75 Å². The molecule has 2 unspecified atom stereocenters. The first kappa shape index (κ1) is 15.3. The fourth-order valence-corrected chi connectivity index (χ4v) is 2.44. The Labute approximate surface area is 112 Å². The van der Waals surface area contributed by atoms with Crippen molar-refractivity contribution < 1.29 is 18.3 Å². The molecule has 0 aromatic heterocycles. The van der Waals surface area contributed by atoms with Gasteiger partial charge in [-0.15, -0.1) is 0 Å². The van der Waals surface area contributed by atoms with Gasteiger partial charge in [0, 0.05) is 17.7 Å². The third-order valence-electron chi connectivity index (χ3n) is 2.89. The van der Waals surface area contributed by atoms with Crippen molar-refractivity contribution in [1.82, 2.24) is 0 Å². The first-order valence-electron chi connectivity index (χ1n) is 5.45. The highest BCUT2D eigenvalue weighted by Gasteiger charge is 2.25. The van der Waals surface area contributed by atoms with Crippen LogP contribution in [0.5, 0.6) is 5.75 Å². The number of methoxy groups -OCH3 is 1. The largest absolute Gasteiger partial charge is 0.496 e. The van der Waals surface area contributed by atoms with Gasteiger partial charge in [0.05, 0.1) is 18.5 Å². The third-order valence-corrected chi connectivity index (χ3v) is 4.79. The number of rotatable bonds is 5. The van der Waals surface area contributed by atoms with Gasteiger partial charge in [0.2, 0.25) is 0 Å². The summed E-state index contributed by atoms with van der Waals surface area (Å²) in [6.07, 6.45) is 0.293. The van der Waals surface area contributed by atoms with Gasteiger partial charge in [0.25, 0.3) is 0 Å². The number of halogens is 1. The molecular formula is C12H17ClO4S. The van der Waals surface area contributed by atoms with E-state index in [-0.39, 0.29) is 6.42 Å². The van der Waals surface area contributed by atoms with E-state index in [9.17, 15) is 13.5 Å². The number of hydrogen-bond donors (Lipinski definition) is 1. The quantitative estimate of drug-likeness (QED) is 0.897. The Morgan fingerprint density at radius 3 is 2.56 bits per heavy atom. The van der Waals surface area contributed by atoms with Crippen LogP contribution in [-0.2, 0) is 16.3 Å². The van der Waals surface area contributed by atoms with Crippen molar-refractivity contribution in [2.75, 3.05) is 13.4 Å². The summed E-state index contributed by atoms with van der Waals surface area (Å²) < 4.78 is 27.9. The van der Waals surface area contributed by atoms with Gasteiger partial charge in [0.1, 0.15) is 5.75 Å². The van der Waals surface area contributed by atoms with E-state index < -0.39 is 21.2 Å². The van der Waals surface area contributed by atoms with Gasteiger partial charge in [-0.3, -0.25) is 0 Å². The molecular weight excluding hydrogens is 276 g/mol. The molecule has 0 saturated carbocycles. The molecule has 0 amide bonds. The predicted octanol–water partition coefficient (Wildman–Crippen LogP) is 1.69. The zero-order valence-electron chi connectivity index (χ0n) is 10.6. The average Bonchev–Trinajstić information content (AvgIpc) is 2.27. The molecule has 18 heavy (non-hydrogen) atoms. The summed E-state index contributed by atoms with van der Waals surface area (Å²) in [5, 5.41) is 9.63. The maximum atomic E-state index is 11.4. The highest BCUT2D eigenvalue weighted by Crippen LogP contribution is 2.25. The lowest BCUT2D eigenvalue weighted by Crippen LogP contribution is -2.32. The maximum Gasteiger partial charge on any atom is 0.152 e. The fraction of sp³-hybridized carbons (Fsp3) is 0.500. The Hall–Kier alpha value is -0.780. The first-order chi connectivity index (χ1) is 8.25. The molecule has 1 rings (SSSR count). The molecule has 0 spiro atoms. The molecule has 0 fully saturated rings. The molecule has 1 aromatic carbocycles. The number of benzene rings is 1. The van der Waals surface area contributed by atoms with Crippen LogP contribution in [0.25, 0.3) is 0 Å². The van der Waals surface area contributed by atoms with Crippen molar-refractivity contribution in [1.29, 1.82) is 0 Å². The van der Waals surface area contributed by atoms with E-state index in [2.05, 4.69) is 0 Å². The second kappa shape index (κ2) is 5.91. The van der Waals surface area contributed by atoms with E-state index in [0.717, 1.165) is 6.26 Å². The number of aliphatic hydroxyl groups excluding tert-OH is 1. The maximum absolute atomic E-state index is 11.4. The lowest BCUT2D eigenvalue weighted by Gasteiger charge is -2.18. The van der Waals surface area contributed by atoms with Gasteiger partial charge in [-0.2, -0.15) is 0 Å². The highest BCUT2D eigenvalue weighted by molar-refractivity contribution is 7.91. The van der Waals surface area contributed by atoms with Crippen LogP contribution in [-0.4, -0.2) is 38.2 Å². The summed E-state index contributed by atoms with van der Waals surface area (Å²) in [6, 6.07) is 5.03. The topological polar surface area (TPSA) is 63.6 Å². The van der Waals surface area contributed by atoms with Gasteiger partial charge in [-0.25, -0.2) is 8.42 Å². The van der Waals surface area contributed by atoms with E-state index in [1.807, 2.05) is 0 Å². The third kappa shape index (κ3) is 3.86. The summed E-state index contributed by atoms with van der Waals surface area (Å²) in [4.78, 5) is 0. The average molecular weight is 293 g/mol. The van der Waals surface area contributed by atoms with Crippen molar-refractivity contribution in [2.45, 2.75) is 24.7 Å². The summed E-state index contributed by atoms with van der Waals surface area (Å²) in [5.74, 6) is 0.583. The van der Waals surface area contributed by atoms with Crippen LogP contribution in [0.4, 0.5) is 0 Å². The van der Waals surface area contributed by atoms with Crippen molar-refractivity contribution in [2.24, 2.45) is 0 Å². The molecule has 0 aliphatic rings. The van der Waals surface area contributed by atoms with Crippen LogP contribution in [0.3, 0.4) is 0 Å². The zero-order valence-corrected chi connectivity index (χ0v) is 12.1. The smallest absolute Gasteiger partial charge is 0.152 e. The monoisotopic (exact) mass is 292 g/mol. The molecule has 0 aliphatic carbocycles. The van der Waals surface area contributed by atoms with Crippen molar-refractivity contribution in [3.63, 3.8) is 0 Å². The molecule has 0 heterocycles. The van der Waals surface area contributed by atoms with Gasteiger partial charge >= 0.3 is 0 Å². The number of hydrogen-bond acceptors (Lipinski definition) is 4. The van der Waals surface area contributed by atoms with E-state index in [1.165, 1.54) is 14.0 Å². The normalized spacial score (nSPS) is 15.2. The molecule has 4 nitrogen and oxygen atoms in total. The summed E-state index contributed by atoms with van der Waals surface area (Å²) in [6.45, 7) is 1.48. The Morgan fingerprint density at radius 1 is 1.44 bits per heavy atom. The Bertz CT molecular complexity index is 513. The molecule has 102 valence electrons.